The molecule has 16 heavy (non-hydrogen) atoms. The lowest BCUT2D eigenvalue weighted by atomic mass is 9.81. The number of hydrogen-bond donors (Lipinski definition) is 1. The summed E-state index contributed by atoms with van der Waals surface area (Å²) in [4.78, 5) is 0. The first kappa shape index (κ1) is 12.8. The average Bonchev–Trinajstić information content (AvgIpc) is 2.28. The van der Waals surface area contributed by atoms with Gasteiger partial charge in [0.1, 0.15) is 11.5 Å². The highest BCUT2D eigenvalue weighted by Crippen LogP contribution is 2.36. The van der Waals surface area contributed by atoms with Crippen molar-refractivity contribution in [3.05, 3.63) is 23.8 Å². The quantitative estimate of drug-likeness (QED) is 0.834. The molecule has 0 spiro atoms. The van der Waals surface area contributed by atoms with Gasteiger partial charge in [-0.25, -0.2) is 0 Å². The number of rotatable bonds is 5. The van der Waals surface area contributed by atoms with Gasteiger partial charge in [0.05, 0.1) is 14.2 Å². The Morgan fingerprint density at radius 3 is 2.38 bits per heavy atom. The number of methoxy groups -OCH3 is 2. The van der Waals surface area contributed by atoms with Crippen LogP contribution in [-0.2, 0) is 5.41 Å². The molecule has 1 N–H and O–H groups in total. The van der Waals surface area contributed by atoms with E-state index < -0.39 is 0 Å². The molecular weight excluding hydrogens is 204 g/mol. The smallest absolute Gasteiger partial charge is 0.122 e. The molecule has 3 nitrogen and oxygen atoms in total. The van der Waals surface area contributed by atoms with Gasteiger partial charge >= 0.3 is 0 Å². The molecule has 1 aromatic carbocycles. The molecule has 0 radical (unpaired) electrons. The van der Waals surface area contributed by atoms with Crippen molar-refractivity contribution in [1.29, 1.82) is 0 Å². The van der Waals surface area contributed by atoms with Crippen molar-refractivity contribution in [2.75, 3.05) is 20.8 Å². The summed E-state index contributed by atoms with van der Waals surface area (Å²) in [6.07, 6.45) is 0.691. The van der Waals surface area contributed by atoms with E-state index in [4.69, 9.17) is 14.6 Å². The third kappa shape index (κ3) is 2.67. The Balaban J connectivity index is 3.17. The van der Waals surface area contributed by atoms with Crippen molar-refractivity contribution in [2.45, 2.75) is 25.7 Å². The van der Waals surface area contributed by atoms with Crippen molar-refractivity contribution in [3.63, 3.8) is 0 Å². The normalized spacial score (nSPS) is 11.3. The van der Waals surface area contributed by atoms with Gasteiger partial charge in [0.15, 0.2) is 0 Å². The van der Waals surface area contributed by atoms with Gasteiger partial charge in [-0.3, -0.25) is 0 Å². The molecule has 0 saturated heterocycles. The summed E-state index contributed by atoms with van der Waals surface area (Å²) >= 11 is 0. The minimum absolute atomic E-state index is 0.130. The molecule has 0 saturated carbocycles. The lowest BCUT2D eigenvalue weighted by Crippen LogP contribution is -2.20. The first-order valence-corrected chi connectivity index (χ1v) is 5.38. The van der Waals surface area contributed by atoms with Gasteiger partial charge in [-0.2, -0.15) is 0 Å². The van der Waals surface area contributed by atoms with Crippen LogP contribution in [0, 0.1) is 0 Å². The molecule has 1 rings (SSSR count). The van der Waals surface area contributed by atoms with Gasteiger partial charge < -0.3 is 14.6 Å². The Morgan fingerprint density at radius 1 is 1.19 bits per heavy atom. The van der Waals surface area contributed by atoms with Crippen molar-refractivity contribution >= 4 is 0 Å². The van der Waals surface area contributed by atoms with Crippen LogP contribution in [0.15, 0.2) is 18.2 Å². The van der Waals surface area contributed by atoms with Crippen LogP contribution in [-0.4, -0.2) is 25.9 Å². The Bertz CT molecular complexity index is 345. The lowest BCUT2D eigenvalue weighted by molar-refractivity contribution is 0.249. The first-order chi connectivity index (χ1) is 7.55. The second kappa shape index (κ2) is 5.21. The molecule has 0 aliphatic heterocycles. The molecule has 0 unspecified atom stereocenters. The molecule has 0 fully saturated rings. The molecule has 0 amide bonds. The summed E-state index contributed by atoms with van der Waals surface area (Å²) in [5, 5.41) is 9.08. The number of benzene rings is 1. The average molecular weight is 224 g/mol. The van der Waals surface area contributed by atoms with Gasteiger partial charge in [-0.05, 0) is 30.0 Å². The summed E-state index contributed by atoms with van der Waals surface area (Å²) in [5.74, 6) is 1.64. The fraction of sp³-hybridized carbons (Fsp3) is 0.538. The van der Waals surface area contributed by atoms with E-state index in [0.717, 1.165) is 17.1 Å². The lowest BCUT2D eigenvalue weighted by Gasteiger charge is -2.26. The van der Waals surface area contributed by atoms with Crippen LogP contribution in [0.1, 0.15) is 25.8 Å². The maximum atomic E-state index is 9.08. The number of hydrogen-bond acceptors (Lipinski definition) is 3. The maximum absolute atomic E-state index is 9.08. The summed E-state index contributed by atoms with van der Waals surface area (Å²) in [6.45, 7) is 4.33. The third-order valence-corrected chi connectivity index (χ3v) is 2.87. The molecule has 0 heterocycles. The second-order valence-electron chi connectivity index (χ2n) is 4.42. The molecule has 1 aromatic rings. The summed E-state index contributed by atoms with van der Waals surface area (Å²) in [7, 11) is 3.30. The highest BCUT2D eigenvalue weighted by molar-refractivity contribution is 5.44. The second-order valence-corrected chi connectivity index (χ2v) is 4.42. The highest BCUT2D eigenvalue weighted by atomic mass is 16.5. The maximum Gasteiger partial charge on any atom is 0.122 e. The van der Waals surface area contributed by atoms with Crippen LogP contribution in [0.25, 0.3) is 0 Å². The zero-order chi connectivity index (χ0) is 12.2. The van der Waals surface area contributed by atoms with Gasteiger partial charge in [0.25, 0.3) is 0 Å². The molecule has 0 aromatic heterocycles. The van der Waals surface area contributed by atoms with Crippen LogP contribution in [0.3, 0.4) is 0 Å². The van der Waals surface area contributed by atoms with Crippen LogP contribution in [0.4, 0.5) is 0 Å². The van der Waals surface area contributed by atoms with Crippen LogP contribution in [0.5, 0.6) is 11.5 Å². The fourth-order valence-electron chi connectivity index (χ4n) is 1.76. The molecule has 0 bridgehead atoms. The van der Waals surface area contributed by atoms with Crippen LogP contribution >= 0.6 is 0 Å². The minimum Gasteiger partial charge on any atom is -0.497 e. The highest BCUT2D eigenvalue weighted by Gasteiger charge is 2.24. The summed E-state index contributed by atoms with van der Waals surface area (Å²) < 4.78 is 10.5. The Labute approximate surface area is 97.0 Å². The van der Waals surface area contributed by atoms with E-state index in [1.165, 1.54) is 0 Å². The minimum atomic E-state index is -0.130. The van der Waals surface area contributed by atoms with E-state index in [1.54, 1.807) is 14.2 Å². The first-order valence-electron chi connectivity index (χ1n) is 5.38. The van der Waals surface area contributed by atoms with Crippen molar-refractivity contribution in [2.24, 2.45) is 0 Å². The Hall–Kier alpha value is -1.22. The molecule has 0 aliphatic rings. The van der Waals surface area contributed by atoms with Gasteiger partial charge in [-0.1, -0.05) is 13.8 Å². The molecule has 0 atom stereocenters. The zero-order valence-electron chi connectivity index (χ0n) is 10.4. The van der Waals surface area contributed by atoms with E-state index in [-0.39, 0.29) is 12.0 Å². The Morgan fingerprint density at radius 2 is 1.88 bits per heavy atom. The van der Waals surface area contributed by atoms with E-state index >= 15 is 0 Å². The van der Waals surface area contributed by atoms with E-state index in [1.807, 2.05) is 18.2 Å². The van der Waals surface area contributed by atoms with Crippen LogP contribution in [0.2, 0.25) is 0 Å². The van der Waals surface area contributed by atoms with Crippen molar-refractivity contribution < 1.29 is 14.6 Å². The largest absolute Gasteiger partial charge is 0.497 e. The molecule has 3 heteroatoms. The van der Waals surface area contributed by atoms with Gasteiger partial charge in [0.2, 0.25) is 0 Å². The standard InChI is InChI=1S/C13H20O3/c1-13(2,7-8-14)11-9-10(15-3)5-6-12(11)16-4/h5-6,9,14H,7-8H2,1-4H3. The van der Waals surface area contributed by atoms with Gasteiger partial charge in [-0.15, -0.1) is 0 Å². The van der Waals surface area contributed by atoms with E-state index in [2.05, 4.69) is 13.8 Å². The SMILES string of the molecule is COc1ccc(OC)c(C(C)(C)CCO)c1. The third-order valence-electron chi connectivity index (χ3n) is 2.87. The predicted molar refractivity (Wildman–Crippen MR) is 64.3 cm³/mol. The molecule has 0 aliphatic carbocycles. The Kier molecular flexibility index (Phi) is 4.19. The molecule has 90 valence electrons. The van der Waals surface area contributed by atoms with Gasteiger partial charge in [0, 0.05) is 12.2 Å². The summed E-state index contributed by atoms with van der Waals surface area (Å²) in [5.41, 5.74) is 0.928. The topological polar surface area (TPSA) is 38.7 Å². The number of aliphatic hydroxyl groups excluding tert-OH is 1. The summed E-state index contributed by atoms with van der Waals surface area (Å²) in [6, 6.07) is 5.74. The monoisotopic (exact) mass is 224 g/mol. The predicted octanol–water partition coefficient (Wildman–Crippen LogP) is 2.36. The van der Waals surface area contributed by atoms with E-state index in [0.29, 0.717) is 6.42 Å². The number of ether oxygens (including phenoxy) is 2. The number of aliphatic hydroxyl groups is 1. The fourth-order valence-corrected chi connectivity index (χ4v) is 1.76. The zero-order valence-corrected chi connectivity index (χ0v) is 10.4. The van der Waals surface area contributed by atoms with Crippen LogP contribution < -0.4 is 9.47 Å². The molecular formula is C13H20O3. The van der Waals surface area contributed by atoms with Crippen molar-refractivity contribution in [1.82, 2.24) is 0 Å². The van der Waals surface area contributed by atoms with Crippen molar-refractivity contribution in [3.8, 4) is 11.5 Å². The van der Waals surface area contributed by atoms with E-state index in [9.17, 15) is 0 Å².